The molecule has 0 heterocycles. The molecule has 18 heavy (non-hydrogen) atoms. The van der Waals surface area contributed by atoms with Crippen LogP contribution < -0.4 is 66.6 Å². The van der Waals surface area contributed by atoms with Crippen molar-refractivity contribution in [2.75, 3.05) is 0 Å². The summed E-state index contributed by atoms with van der Waals surface area (Å²) in [6, 6.07) is 0. The Kier molecular flexibility index (Phi) is 1010. The third-order valence-corrected chi connectivity index (χ3v) is 0. The average Bonchev–Trinajstić information content (AvgIpc) is 0.722. The molecule has 18 heteroatoms. The summed E-state index contributed by atoms with van der Waals surface area (Å²) >= 11 is -6.02. The van der Waals surface area contributed by atoms with Crippen LogP contribution in [0.4, 0.5) is 0 Å². The van der Waals surface area contributed by atoms with Crippen LogP contribution in [0.3, 0.4) is 0 Å². The predicted molar refractivity (Wildman–Crippen MR) is 48.6 cm³/mol. The molecular formula is H23MoNa2O14P. The van der Waals surface area contributed by atoms with Crippen molar-refractivity contribution < 1.29 is 145 Å². The van der Waals surface area contributed by atoms with Gasteiger partial charge in [-0.1, -0.05) is 0 Å². The first kappa shape index (κ1) is 192. The fraction of sp³-hybridized carbons (Fsp3) is 0. The molecule has 0 amide bonds. The summed E-state index contributed by atoms with van der Waals surface area (Å²) in [7, 11) is 0. The van der Waals surface area contributed by atoms with Gasteiger partial charge in [0.25, 0.3) is 0 Å². The standard InChI is InChI=1S/Mo.2Na.10H2O.4O.H3P/h;;;10*1H2;;;;;1H3/q;2*+1;;;;;;;;;;;;;2*-1;. The van der Waals surface area contributed by atoms with Crippen LogP contribution in [0, 0.1) is 0 Å². The van der Waals surface area contributed by atoms with Gasteiger partial charge in [-0.05, 0) is 0 Å². The van der Waals surface area contributed by atoms with Gasteiger partial charge in [0.1, 0.15) is 0 Å². The minimum atomic E-state index is -6.02. The van der Waals surface area contributed by atoms with E-state index in [-0.39, 0.29) is 124 Å². The zero-order valence-electron chi connectivity index (χ0n) is 9.75. The van der Waals surface area contributed by atoms with Gasteiger partial charge in [-0.15, -0.1) is 0 Å². The SMILES string of the molecule is O.O.O.O.O.O.O.O.O.O.P.[Na+].[Na+].[O]=[Mo](=[O])([O-])[O-]. The van der Waals surface area contributed by atoms with Gasteiger partial charge in [-0.25, -0.2) is 0 Å². The molecule has 120 valence electrons. The fourth-order valence-corrected chi connectivity index (χ4v) is 0. The van der Waals surface area contributed by atoms with Crippen molar-refractivity contribution in [1.29, 1.82) is 0 Å². The Hall–Kier alpha value is 2.24. The second-order valence-electron chi connectivity index (χ2n) is 0.408. The van der Waals surface area contributed by atoms with Crippen LogP contribution in [0.5, 0.6) is 0 Å². The van der Waals surface area contributed by atoms with Crippen LogP contribution in [0.15, 0.2) is 0 Å². The van der Waals surface area contributed by atoms with Crippen LogP contribution in [0.2, 0.25) is 0 Å². The number of hydrogen-bond donors (Lipinski definition) is 0. The molecule has 0 aliphatic heterocycles. The van der Waals surface area contributed by atoms with E-state index >= 15 is 0 Å². The molecule has 0 aromatic heterocycles. The van der Waals surface area contributed by atoms with E-state index in [1.54, 1.807) is 0 Å². The Labute approximate surface area is 153 Å². The van der Waals surface area contributed by atoms with Crippen molar-refractivity contribution in [1.82, 2.24) is 0 Å². The van der Waals surface area contributed by atoms with Gasteiger partial charge in [0.05, 0.1) is 0 Å². The van der Waals surface area contributed by atoms with Gasteiger partial charge in [0.2, 0.25) is 0 Å². The van der Waals surface area contributed by atoms with E-state index in [2.05, 4.69) is 0 Å². The van der Waals surface area contributed by atoms with Crippen LogP contribution in [-0.4, -0.2) is 54.8 Å². The Morgan fingerprint density at radius 2 is 0.500 bits per heavy atom. The van der Waals surface area contributed by atoms with Crippen molar-refractivity contribution in [2.24, 2.45) is 0 Å². The molecule has 0 spiro atoms. The molecule has 0 aliphatic rings. The fourth-order valence-electron chi connectivity index (χ4n) is 0. The maximum absolute atomic E-state index is 8.63. The van der Waals surface area contributed by atoms with Crippen LogP contribution in [0.1, 0.15) is 0 Å². The van der Waals surface area contributed by atoms with E-state index in [9.17, 15) is 0 Å². The molecule has 0 rings (SSSR count). The summed E-state index contributed by atoms with van der Waals surface area (Å²) in [4.78, 5) is 0. The van der Waals surface area contributed by atoms with E-state index < -0.39 is 16.7 Å². The van der Waals surface area contributed by atoms with E-state index in [1.807, 2.05) is 0 Å². The third-order valence-electron chi connectivity index (χ3n) is 0. The molecule has 0 aliphatic carbocycles. The topological polar surface area (TPSA) is 395 Å². The molecule has 14 nitrogen and oxygen atoms in total. The van der Waals surface area contributed by atoms with Crippen molar-refractivity contribution in [3.63, 3.8) is 0 Å². The maximum atomic E-state index is 8.63. The van der Waals surface area contributed by atoms with E-state index in [4.69, 9.17) is 14.3 Å². The van der Waals surface area contributed by atoms with E-state index in [0.717, 1.165) is 0 Å². The first-order valence-electron chi connectivity index (χ1n) is 0.667. The molecule has 0 fully saturated rings. The van der Waals surface area contributed by atoms with Crippen molar-refractivity contribution >= 4 is 9.90 Å². The van der Waals surface area contributed by atoms with E-state index in [1.165, 1.54) is 0 Å². The molecular weight excluding hydrogens is 397 g/mol. The molecule has 0 aromatic carbocycles. The number of hydrogen-bond acceptors (Lipinski definition) is 4. The van der Waals surface area contributed by atoms with Crippen LogP contribution >= 0.6 is 9.90 Å². The summed E-state index contributed by atoms with van der Waals surface area (Å²) in [5.74, 6) is 0. The summed E-state index contributed by atoms with van der Waals surface area (Å²) < 4.78 is 34.5. The van der Waals surface area contributed by atoms with Crippen molar-refractivity contribution in [2.45, 2.75) is 0 Å². The molecule has 20 N–H and O–H groups in total. The molecule has 0 bridgehead atoms. The summed E-state index contributed by atoms with van der Waals surface area (Å²) in [6.07, 6.45) is 0. The van der Waals surface area contributed by atoms with Crippen molar-refractivity contribution in [3.05, 3.63) is 0 Å². The monoisotopic (exact) mass is 422 g/mol. The van der Waals surface area contributed by atoms with Gasteiger partial charge in [-0.2, -0.15) is 9.90 Å². The second-order valence-corrected chi connectivity index (χ2v) is 2.42. The number of rotatable bonds is 0. The second kappa shape index (κ2) is 94.3. The van der Waals surface area contributed by atoms with Crippen LogP contribution in [0.25, 0.3) is 0 Å². The Balaban J connectivity index is -0.00000000103. The Bertz CT molecular complexity index is 103. The van der Waals surface area contributed by atoms with Gasteiger partial charge in [0, 0.05) is 0 Å². The molecule has 1 atom stereocenters. The Morgan fingerprint density at radius 3 is 0.500 bits per heavy atom. The average molecular weight is 420 g/mol. The Morgan fingerprint density at radius 1 is 0.500 bits per heavy atom. The minimum absolute atomic E-state index is 0. The van der Waals surface area contributed by atoms with Gasteiger partial charge < -0.3 is 54.8 Å². The van der Waals surface area contributed by atoms with Crippen molar-refractivity contribution in [3.8, 4) is 0 Å². The zero-order valence-corrected chi connectivity index (χ0v) is 17.2. The molecule has 0 saturated heterocycles. The predicted octanol–water partition coefficient (Wildman–Crippen LogP) is -16.8. The molecule has 0 radical (unpaired) electrons. The molecule has 1 unspecified atom stereocenters. The van der Waals surface area contributed by atoms with Gasteiger partial charge >= 0.3 is 90.2 Å². The summed E-state index contributed by atoms with van der Waals surface area (Å²) in [6.45, 7) is 0. The summed E-state index contributed by atoms with van der Waals surface area (Å²) in [5, 5.41) is 0. The normalized spacial score (nSPS) is 3.22. The van der Waals surface area contributed by atoms with Crippen LogP contribution in [-0.2, 0) is 23.5 Å². The molecule has 0 saturated carbocycles. The van der Waals surface area contributed by atoms with E-state index in [0.29, 0.717) is 0 Å². The first-order chi connectivity index (χ1) is 2.00. The van der Waals surface area contributed by atoms with Gasteiger partial charge in [-0.3, -0.25) is 0 Å². The first-order valence-corrected chi connectivity index (χ1v) is 3.94. The quantitative estimate of drug-likeness (QED) is 0.272. The summed E-state index contributed by atoms with van der Waals surface area (Å²) in [5.41, 5.74) is 0. The third kappa shape index (κ3) is 1080. The zero-order chi connectivity index (χ0) is 4.50. The molecule has 0 aromatic rings. The van der Waals surface area contributed by atoms with Gasteiger partial charge in [0.15, 0.2) is 0 Å².